The van der Waals surface area contributed by atoms with E-state index in [0.717, 1.165) is 29.4 Å². The molecule has 2 fully saturated rings. The Hall–Kier alpha value is -0.870. The fourth-order valence-electron chi connectivity index (χ4n) is 3.90. The van der Waals surface area contributed by atoms with E-state index in [4.69, 9.17) is 0 Å². The van der Waals surface area contributed by atoms with Crippen LogP contribution in [0.4, 0.5) is 0 Å². The summed E-state index contributed by atoms with van der Waals surface area (Å²) >= 11 is 2.95. The Bertz CT molecular complexity index is 839. The van der Waals surface area contributed by atoms with Crippen LogP contribution in [0.15, 0.2) is 22.0 Å². The van der Waals surface area contributed by atoms with Crippen LogP contribution in [-0.4, -0.2) is 53.8 Å². The van der Waals surface area contributed by atoms with Gasteiger partial charge in [-0.05, 0) is 38.6 Å². The van der Waals surface area contributed by atoms with E-state index in [9.17, 15) is 8.42 Å². The molecule has 0 amide bonds. The molecular formula is C16H22N4O2S3. The SMILES string of the molecule is Cc1ncc(S(=O)(=O)N2CCC3(CC2)CC3N(C)Cc2nccs2)s1. The van der Waals surface area contributed by atoms with Crippen LogP contribution in [0.1, 0.15) is 29.3 Å². The normalized spacial score (nSPS) is 23.4. The van der Waals surface area contributed by atoms with Gasteiger partial charge in [0.2, 0.25) is 0 Å². The van der Waals surface area contributed by atoms with Crippen molar-refractivity contribution in [3.05, 3.63) is 27.8 Å². The number of rotatable bonds is 5. The second-order valence-electron chi connectivity index (χ2n) is 7.03. The highest BCUT2D eigenvalue weighted by Gasteiger charge is 2.57. The van der Waals surface area contributed by atoms with Crippen molar-refractivity contribution in [3.8, 4) is 0 Å². The van der Waals surface area contributed by atoms with Crippen LogP contribution < -0.4 is 0 Å². The second kappa shape index (κ2) is 6.38. The van der Waals surface area contributed by atoms with Gasteiger partial charge in [0.1, 0.15) is 5.01 Å². The van der Waals surface area contributed by atoms with Crippen molar-refractivity contribution in [3.63, 3.8) is 0 Å². The predicted octanol–water partition coefficient (Wildman–Crippen LogP) is 2.58. The van der Waals surface area contributed by atoms with Crippen molar-refractivity contribution >= 4 is 32.7 Å². The Balaban J connectivity index is 1.37. The first kappa shape index (κ1) is 17.5. The molecule has 1 spiro atoms. The van der Waals surface area contributed by atoms with Gasteiger partial charge >= 0.3 is 0 Å². The third-order valence-electron chi connectivity index (χ3n) is 5.46. The maximum absolute atomic E-state index is 12.7. The minimum absolute atomic E-state index is 0.293. The average Bonchev–Trinajstić information content (AvgIpc) is 2.96. The molecule has 4 rings (SSSR count). The smallest absolute Gasteiger partial charge is 0.254 e. The van der Waals surface area contributed by atoms with Crippen molar-refractivity contribution in [2.24, 2.45) is 5.41 Å². The fourth-order valence-corrected chi connectivity index (χ4v) is 7.29. The molecule has 1 unspecified atom stereocenters. The van der Waals surface area contributed by atoms with Gasteiger partial charge < -0.3 is 0 Å². The molecule has 9 heteroatoms. The van der Waals surface area contributed by atoms with Crippen LogP contribution in [0.2, 0.25) is 0 Å². The molecule has 25 heavy (non-hydrogen) atoms. The largest absolute Gasteiger partial charge is 0.296 e. The number of hydrogen-bond donors (Lipinski definition) is 0. The first-order valence-corrected chi connectivity index (χ1v) is 11.6. The van der Waals surface area contributed by atoms with Crippen molar-refractivity contribution < 1.29 is 8.42 Å². The molecule has 2 aromatic heterocycles. The van der Waals surface area contributed by atoms with Crippen molar-refractivity contribution in [2.75, 3.05) is 20.1 Å². The molecule has 136 valence electrons. The van der Waals surface area contributed by atoms with Gasteiger partial charge in [-0.3, -0.25) is 4.90 Å². The molecular weight excluding hydrogens is 376 g/mol. The van der Waals surface area contributed by atoms with Crippen LogP contribution >= 0.6 is 22.7 Å². The Labute approximate surface area is 156 Å². The summed E-state index contributed by atoms with van der Waals surface area (Å²) in [5.74, 6) is 0. The van der Waals surface area contributed by atoms with Crippen molar-refractivity contribution in [1.29, 1.82) is 0 Å². The van der Waals surface area contributed by atoms with Gasteiger partial charge in [-0.1, -0.05) is 0 Å². The molecule has 1 saturated heterocycles. The fraction of sp³-hybridized carbons (Fsp3) is 0.625. The predicted molar refractivity (Wildman–Crippen MR) is 99.3 cm³/mol. The van der Waals surface area contributed by atoms with Crippen molar-refractivity contribution in [2.45, 2.75) is 43.0 Å². The maximum atomic E-state index is 12.7. The number of piperidine rings is 1. The Kier molecular flexibility index (Phi) is 4.48. The van der Waals surface area contributed by atoms with E-state index in [-0.39, 0.29) is 0 Å². The van der Waals surface area contributed by atoms with Gasteiger partial charge in [0.15, 0.2) is 4.21 Å². The second-order valence-corrected chi connectivity index (χ2v) is 11.4. The number of sulfonamides is 1. The topological polar surface area (TPSA) is 66.4 Å². The lowest BCUT2D eigenvalue weighted by molar-refractivity contribution is 0.196. The number of aromatic nitrogens is 2. The third-order valence-corrected chi connectivity index (χ3v) is 9.47. The van der Waals surface area contributed by atoms with E-state index in [0.29, 0.717) is 28.8 Å². The molecule has 1 aliphatic heterocycles. The third kappa shape index (κ3) is 3.28. The number of nitrogens with zero attached hydrogens (tertiary/aromatic N) is 4. The van der Waals surface area contributed by atoms with Gasteiger partial charge in [-0.15, -0.1) is 22.7 Å². The van der Waals surface area contributed by atoms with E-state index in [1.165, 1.54) is 24.0 Å². The molecule has 3 heterocycles. The Morgan fingerprint density at radius 1 is 1.36 bits per heavy atom. The molecule has 1 aliphatic carbocycles. The summed E-state index contributed by atoms with van der Waals surface area (Å²) in [7, 11) is -1.22. The molecule has 2 aliphatic rings. The molecule has 2 aromatic rings. The molecule has 1 atom stereocenters. The minimum Gasteiger partial charge on any atom is -0.296 e. The van der Waals surface area contributed by atoms with Gasteiger partial charge in [-0.2, -0.15) is 4.31 Å². The number of aryl methyl sites for hydroxylation is 1. The monoisotopic (exact) mass is 398 g/mol. The summed E-state index contributed by atoms with van der Waals surface area (Å²) < 4.78 is 27.5. The number of thiazole rings is 2. The van der Waals surface area contributed by atoms with E-state index in [2.05, 4.69) is 21.9 Å². The summed E-state index contributed by atoms with van der Waals surface area (Å²) in [6, 6.07) is 0.548. The molecule has 0 bridgehead atoms. The lowest BCUT2D eigenvalue weighted by Gasteiger charge is -2.33. The van der Waals surface area contributed by atoms with Crippen LogP contribution in [0.5, 0.6) is 0 Å². The summed E-state index contributed by atoms with van der Waals surface area (Å²) in [6.07, 6.45) is 6.39. The highest BCUT2D eigenvalue weighted by atomic mass is 32.2. The zero-order chi connectivity index (χ0) is 17.7. The summed E-state index contributed by atoms with van der Waals surface area (Å²) in [6.45, 7) is 3.94. The highest BCUT2D eigenvalue weighted by Crippen LogP contribution is 2.57. The summed E-state index contributed by atoms with van der Waals surface area (Å²) in [5.41, 5.74) is 0.293. The van der Waals surface area contributed by atoms with Crippen LogP contribution in [-0.2, 0) is 16.6 Å². The molecule has 0 radical (unpaired) electrons. The first-order chi connectivity index (χ1) is 11.9. The lowest BCUT2D eigenvalue weighted by atomic mass is 9.93. The lowest BCUT2D eigenvalue weighted by Crippen LogP contribution is -2.41. The molecule has 1 saturated carbocycles. The van der Waals surface area contributed by atoms with E-state index in [1.807, 2.05) is 18.5 Å². The van der Waals surface area contributed by atoms with Crippen LogP contribution in [0, 0.1) is 12.3 Å². The average molecular weight is 399 g/mol. The van der Waals surface area contributed by atoms with Crippen LogP contribution in [0.25, 0.3) is 0 Å². The quantitative estimate of drug-likeness (QED) is 0.774. The molecule has 0 aromatic carbocycles. The van der Waals surface area contributed by atoms with Gasteiger partial charge in [-0.25, -0.2) is 18.4 Å². The zero-order valence-electron chi connectivity index (χ0n) is 14.4. The van der Waals surface area contributed by atoms with E-state index in [1.54, 1.807) is 15.6 Å². The van der Waals surface area contributed by atoms with Gasteiger partial charge in [0.05, 0.1) is 17.7 Å². The molecule has 0 N–H and O–H groups in total. The molecule has 6 nitrogen and oxygen atoms in total. The van der Waals surface area contributed by atoms with E-state index < -0.39 is 10.0 Å². The number of hydrogen-bond acceptors (Lipinski definition) is 7. The van der Waals surface area contributed by atoms with Gasteiger partial charge in [0.25, 0.3) is 10.0 Å². The Morgan fingerprint density at radius 3 is 2.72 bits per heavy atom. The Morgan fingerprint density at radius 2 is 2.12 bits per heavy atom. The highest BCUT2D eigenvalue weighted by molar-refractivity contribution is 7.91. The van der Waals surface area contributed by atoms with Crippen molar-refractivity contribution in [1.82, 2.24) is 19.2 Å². The summed E-state index contributed by atoms with van der Waals surface area (Å²) in [5, 5.41) is 3.94. The van der Waals surface area contributed by atoms with E-state index >= 15 is 0 Å². The standard InChI is InChI=1S/C16H22N4O2S3/c1-12-18-10-15(24-12)25(21,22)20-6-3-16(4-7-20)9-13(16)19(2)11-14-17-5-8-23-14/h5,8,10,13H,3-4,6-7,9,11H2,1-2H3. The first-order valence-electron chi connectivity index (χ1n) is 8.42. The van der Waals surface area contributed by atoms with Gasteiger partial charge in [0, 0.05) is 30.7 Å². The summed E-state index contributed by atoms with van der Waals surface area (Å²) in [4.78, 5) is 10.8. The minimum atomic E-state index is -3.37. The zero-order valence-corrected chi connectivity index (χ0v) is 16.8. The van der Waals surface area contributed by atoms with Crippen LogP contribution in [0.3, 0.4) is 0 Å². The maximum Gasteiger partial charge on any atom is 0.254 e.